The summed E-state index contributed by atoms with van der Waals surface area (Å²) < 4.78 is 6.11. The average Bonchev–Trinajstić information content (AvgIpc) is 2.75. The van der Waals surface area contributed by atoms with Gasteiger partial charge in [-0.15, -0.1) is 0 Å². The van der Waals surface area contributed by atoms with Crippen LogP contribution in [-0.4, -0.2) is 36.5 Å². The Hall–Kier alpha value is -0.120. The van der Waals surface area contributed by atoms with E-state index < -0.39 is 6.10 Å². The number of hydrogen-bond donors (Lipinski definition) is 2. The summed E-state index contributed by atoms with van der Waals surface area (Å²) in [4.78, 5) is 0. The standard InChI is InChI=1S/C17H33NO2/c1-6-12(2)18-10-14(19)11-20-15-9-13-7-8-17(15,5)16(13,3)4/h12-15,18-19H,6-11H2,1-5H3/t12-,13+,14-,15+,17+/m0/s1. The van der Waals surface area contributed by atoms with E-state index in [2.05, 4.69) is 39.9 Å². The lowest BCUT2D eigenvalue weighted by atomic mass is 9.70. The molecular weight excluding hydrogens is 250 g/mol. The molecule has 0 aromatic carbocycles. The molecule has 0 radical (unpaired) electrons. The highest BCUT2D eigenvalue weighted by atomic mass is 16.5. The molecule has 0 aromatic rings. The van der Waals surface area contributed by atoms with Crippen molar-refractivity contribution >= 4 is 0 Å². The molecule has 0 aromatic heterocycles. The van der Waals surface area contributed by atoms with Gasteiger partial charge in [0.05, 0.1) is 18.8 Å². The fourth-order valence-corrected chi connectivity index (χ4v) is 4.15. The molecule has 2 fully saturated rings. The van der Waals surface area contributed by atoms with Crippen LogP contribution < -0.4 is 5.32 Å². The molecule has 2 aliphatic carbocycles. The number of nitrogens with one attached hydrogen (secondary N) is 1. The maximum atomic E-state index is 10.1. The molecule has 0 unspecified atom stereocenters. The molecule has 0 amide bonds. The van der Waals surface area contributed by atoms with E-state index in [9.17, 15) is 5.11 Å². The summed E-state index contributed by atoms with van der Waals surface area (Å²) in [6, 6.07) is 0.462. The molecule has 0 aliphatic heterocycles. The van der Waals surface area contributed by atoms with E-state index in [0.29, 0.717) is 36.1 Å². The second-order valence-corrected chi connectivity index (χ2v) is 7.80. The molecule has 0 spiro atoms. The maximum Gasteiger partial charge on any atom is 0.0897 e. The zero-order valence-electron chi connectivity index (χ0n) is 13.9. The highest BCUT2D eigenvalue weighted by Gasteiger charge is 2.61. The predicted molar refractivity (Wildman–Crippen MR) is 82.7 cm³/mol. The van der Waals surface area contributed by atoms with Crippen LogP contribution in [0.5, 0.6) is 0 Å². The van der Waals surface area contributed by atoms with Gasteiger partial charge in [0.2, 0.25) is 0 Å². The van der Waals surface area contributed by atoms with Crippen LogP contribution in [0.1, 0.15) is 60.3 Å². The summed E-state index contributed by atoms with van der Waals surface area (Å²) in [5.41, 5.74) is 0.680. The summed E-state index contributed by atoms with van der Waals surface area (Å²) in [5, 5.41) is 13.4. The van der Waals surface area contributed by atoms with Crippen LogP contribution in [0.2, 0.25) is 0 Å². The molecule has 20 heavy (non-hydrogen) atoms. The molecular formula is C17H33NO2. The third-order valence-electron chi connectivity index (χ3n) is 6.52. The number of aliphatic hydroxyl groups is 1. The predicted octanol–water partition coefficient (Wildman–Crippen LogP) is 2.97. The fourth-order valence-electron chi connectivity index (χ4n) is 4.15. The Morgan fingerprint density at radius 2 is 2.05 bits per heavy atom. The fraction of sp³-hybridized carbons (Fsp3) is 1.00. The Labute approximate surface area is 124 Å². The quantitative estimate of drug-likeness (QED) is 0.755. The minimum Gasteiger partial charge on any atom is -0.389 e. The van der Waals surface area contributed by atoms with Crippen LogP contribution in [0.15, 0.2) is 0 Å². The van der Waals surface area contributed by atoms with Crippen molar-refractivity contribution in [3.05, 3.63) is 0 Å². The zero-order valence-corrected chi connectivity index (χ0v) is 13.9. The van der Waals surface area contributed by atoms with Crippen LogP contribution in [-0.2, 0) is 4.74 Å². The Kier molecular flexibility index (Phi) is 4.83. The monoisotopic (exact) mass is 283 g/mol. The largest absolute Gasteiger partial charge is 0.389 e. The second-order valence-electron chi connectivity index (χ2n) is 7.80. The topological polar surface area (TPSA) is 41.5 Å². The number of hydrogen-bond acceptors (Lipinski definition) is 3. The van der Waals surface area contributed by atoms with Gasteiger partial charge in [-0.1, -0.05) is 27.7 Å². The van der Waals surface area contributed by atoms with Gasteiger partial charge in [-0.05, 0) is 49.4 Å². The lowest BCUT2D eigenvalue weighted by Crippen LogP contribution is -2.40. The molecule has 2 aliphatic rings. The van der Waals surface area contributed by atoms with Crippen molar-refractivity contribution in [3.8, 4) is 0 Å². The van der Waals surface area contributed by atoms with E-state index in [0.717, 1.165) is 12.3 Å². The summed E-state index contributed by atoms with van der Waals surface area (Å²) >= 11 is 0. The molecule has 5 atom stereocenters. The first-order valence-corrected chi connectivity index (χ1v) is 8.34. The van der Waals surface area contributed by atoms with Gasteiger partial charge in [0.15, 0.2) is 0 Å². The molecule has 0 saturated heterocycles. The first-order valence-electron chi connectivity index (χ1n) is 8.34. The van der Waals surface area contributed by atoms with Gasteiger partial charge in [0.25, 0.3) is 0 Å². The van der Waals surface area contributed by atoms with Crippen LogP contribution in [0.25, 0.3) is 0 Å². The van der Waals surface area contributed by atoms with E-state index in [1.165, 1.54) is 19.3 Å². The lowest BCUT2D eigenvalue weighted by Gasteiger charge is -2.39. The van der Waals surface area contributed by atoms with Crippen molar-refractivity contribution in [1.29, 1.82) is 0 Å². The van der Waals surface area contributed by atoms with Gasteiger partial charge in [-0.3, -0.25) is 0 Å². The molecule has 0 heterocycles. The van der Waals surface area contributed by atoms with Gasteiger partial charge in [0.1, 0.15) is 0 Å². The second kappa shape index (κ2) is 5.94. The molecule has 2 saturated carbocycles. The molecule has 118 valence electrons. The minimum absolute atomic E-state index is 0.293. The van der Waals surface area contributed by atoms with E-state index in [4.69, 9.17) is 4.74 Å². The number of fused-ring (bicyclic) bond motifs is 2. The van der Waals surface area contributed by atoms with E-state index in [-0.39, 0.29) is 0 Å². The smallest absolute Gasteiger partial charge is 0.0897 e. The Morgan fingerprint density at radius 1 is 1.35 bits per heavy atom. The molecule has 3 heteroatoms. The minimum atomic E-state index is -0.394. The number of ether oxygens (including phenoxy) is 1. The van der Waals surface area contributed by atoms with Crippen LogP contribution in [0, 0.1) is 16.7 Å². The highest BCUT2D eigenvalue weighted by Crippen LogP contribution is 2.66. The summed E-state index contributed by atoms with van der Waals surface area (Å²) in [6.07, 6.45) is 4.82. The SMILES string of the molecule is CC[C@H](C)NC[C@H](O)CO[C@@H]1C[C@H]2CC[C@@]1(C)C2(C)C. The summed E-state index contributed by atoms with van der Waals surface area (Å²) in [6.45, 7) is 12.6. The van der Waals surface area contributed by atoms with Crippen molar-refractivity contribution in [2.24, 2.45) is 16.7 Å². The van der Waals surface area contributed by atoms with E-state index in [1.54, 1.807) is 0 Å². The van der Waals surface area contributed by atoms with Crippen LogP contribution >= 0.6 is 0 Å². The van der Waals surface area contributed by atoms with Crippen molar-refractivity contribution in [2.45, 2.75) is 78.6 Å². The Balaban J connectivity index is 1.78. The van der Waals surface area contributed by atoms with Crippen molar-refractivity contribution < 1.29 is 9.84 Å². The number of aliphatic hydroxyl groups excluding tert-OH is 1. The molecule has 2 rings (SSSR count). The average molecular weight is 283 g/mol. The normalized spacial score (nSPS) is 38.1. The summed E-state index contributed by atoms with van der Waals surface area (Å²) in [7, 11) is 0. The highest BCUT2D eigenvalue weighted by molar-refractivity contribution is 5.11. The van der Waals surface area contributed by atoms with E-state index >= 15 is 0 Å². The Morgan fingerprint density at radius 3 is 2.55 bits per heavy atom. The molecule has 3 nitrogen and oxygen atoms in total. The van der Waals surface area contributed by atoms with E-state index in [1.807, 2.05) is 0 Å². The van der Waals surface area contributed by atoms with Crippen LogP contribution in [0.4, 0.5) is 0 Å². The van der Waals surface area contributed by atoms with Crippen LogP contribution in [0.3, 0.4) is 0 Å². The lowest BCUT2D eigenvalue weighted by molar-refractivity contribution is -0.0744. The van der Waals surface area contributed by atoms with Gasteiger partial charge in [-0.2, -0.15) is 0 Å². The van der Waals surface area contributed by atoms with Crippen molar-refractivity contribution in [3.63, 3.8) is 0 Å². The number of rotatable bonds is 7. The summed E-state index contributed by atoms with van der Waals surface area (Å²) in [5.74, 6) is 0.799. The zero-order chi connectivity index (χ0) is 15.0. The Bertz CT molecular complexity index is 331. The molecule has 2 N–H and O–H groups in total. The van der Waals surface area contributed by atoms with Gasteiger partial charge in [0, 0.05) is 12.6 Å². The van der Waals surface area contributed by atoms with Gasteiger partial charge >= 0.3 is 0 Å². The van der Waals surface area contributed by atoms with Gasteiger partial charge in [-0.25, -0.2) is 0 Å². The van der Waals surface area contributed by atoms with Crippen molar-refractivity contribution in [2.75, 3.05) is 13.2 Å². The van der Waals surface area contributed by atoms with Crippen molar-refractivity contribution in [1.82, 2.24) is 5.32 Å². The third kappa shape index (κ3) is 2.77. The first kappa shape index (κ1) is 16.3. The maximum absolute atomic E-state index is 10.1. The third-order valence-corrected chi connectivity index (χ3v) is 6.52. The van der Waals surface area contributed by atoms with Gasteiger partial charge < -0.3 is 15.2 Å². The first-order chi connectivity index (χ1) is 9.31. The molecule has 2 bridgehead atoms.